The summed E-state index contributed by atoms with van der Waals surface area (Å²) in [5.74, 6) is -0.466. The molecular weight excluding hydrogens is 398 g/mol. The summed E-state index contributed by atoms with van der Waals surface area (Å²) in [6.45, 7) is 4.99. The van der Waals surface area contributed by atoms with E-state index >= 15 is 0 Å². The van der Waals surface area contributed by atoms with Gasteiger partial charge in [-0.3, -0.25) is 9.78 Å². The van der Waals surface area contributed by atoms with Crippen LogP contribution in [-0.4, -0.2) is 32.4 Å². The molecule has 4 rings (SSSR count). The Hall–Kier alpha value is -2.93. The molecule has 3 aromatic rings. The Morgan fingerprint density at radius 1 is 1.07 bits per heavy atom. The smallest absolute Gasteiger partial charge is 0.220 e. The van der Waals surface area contributed by atoms with Gasteiger partial charge in [-0.15, -0.1) is 0 Å². The van der Waals surface area contributed by atoms with Crippen LogP contribution in [0, 0.1) is 19.8 Å². The molecular formula is C23H25N3O3S. The second-order valence-electron chi connectivity index (χ2n) is 7.90. The number of hydrogen-bond donors (Lipinski definition) is 1. The first-order valence-corrected chi connectivity index (χ1v) is 11.5. The van der Waals surface area contributed by atoms with Crippen LogP contribution in [0.4, 0.5) is 5.69 Å². The fourth-order valence-electron chi connectivity index (χ4n) is 4.03. The molecule has 0 bridgehead atoms. The largest absolute Gasteiger partial charge is 0.370 e. The average Bonchev–Trinajstić information content (AvgIpc) is 2.74. The van der Waals surface area contributed by atoms with Gasteiger partial charge in [-0.25, -0.2) is 8.42 Å². The zero-order valence-corrected chi connectivity index (χ0v) is 17.9. The summed E-state index contributed by atoms with van der Waals surface area (Å²) >= 11 is 0. The van der Waals surface area contributed by atoms with Crippen LogP contribution < -0.4 is 10.6 Å². The predicted octanol–water partition coefficient (Wildman–Crippen LogP) is 3.39. The number of aromatic nitrogens is 1. The van der Waals surface area contributed by atoms with Crippen LogP contribution in [0.15, 0.2) is 58.5 Å². The first-order chi connectivity index (χ1) is 14.3. The number of carbonyl (C=O) groups excluding carboxylic acids is 1. The highest BCUT2D eigenvalue weighted by molar-refractivity contribution is 7.91. The van der Waals surface area contributed by atoms with E-state index in [1.807, 2.05) is 44.2 Å². The van der Waals surface area contributed by atoms with Gasteiger partial charge in [0.25, 0.3) is 0 Å². The third kappa shape index (κ3) is 3.54. The Balaban J connectivity index is 1.87. The van der Waals surface area contributed by atoms with E-state index in [0.717, 1.165) is 22.0 Å². The predicted molar refractivity (Wildman–Crippen MR) is 117 cm³/mol. The maximum Gasteiger partial charge on any atom is 0.220 e. The number of carbonyl (C=O) groups is 1. The Bertz CT molecular complexity index is 1230. The summed E-state index contributed by atoms with van der Waals surface area (Å²) in [5.41, 5.74) is 8.84. The Labute approximate surface area is 176 Å². The number of piperidine rings is 1. The van der Waals surface area contributed by atoms with Gasteiger partial charge in [-0.1, -0.05) is 24.3 Å². The van der Waals surface area contributed by atoms with Gasteiger partial charge in [0, 0.05) is 30.6 Å². The van der Waals surface area contributed by atoms with Gasteiger partial charge in [0.15, 0.2) is 0 Å². The zero-order chi connectivity index (χ0) is 21.5. The van der Waals surface area contributed by atoms with Crippen LogP contribution in [0.2, 0.25) is 0 Å². The first kappa shape index (κ1) is 20.3. The third-order valence-electron chi connectivity index (χ3n) is 6.01. The van der Waals surface area contributed by atoms with E-state index in [9.17, 15) is 13.2 Å². The molecule has 2 heterocycles. The summed E-state index contributed by atoms with van der Waals surface area (Å²) in [6.07, 6.45) is 2.67. The van der Waals surface area contributed by atoms with Crippen LogP contribution in [0.1, 0.15) is 24.0 Å². The molecule has 0 atom stereocenters. The molecule has 30 heavy (non-hydrogen) atoms. The average molecular weight is 424 g/mol. The van der Waals surface area contributed by atoms with Crippen LogP contribution in [0.5, 0.6) is 0 Å². The SMILES string of the molecule is Cc1ccc(S(=O)(=O)c2cnc3ccccc3c2N2CCC(C(N)=O)CC2)cc1C. The van der Waals surface area contributed by atoms with Crippen molar-refractivity contribution >= 4 is 32.3 Å². The van der Waals surface area contributed by atoms with Crippen LogP contribution in [-0.2, 0) is 14.6 Å². The maximum absolute atomic E-state index is 13.6. The van der Waals surface area contributed by atoms with Gasteiger partial charge in [0.05, 0.1) is 16.1 Å². The number of amides is 1. The molecule has 7 heteroatoms. The number of nitrogens with two attached hydrogens (primary N) is 1. The van der Waals surface area contributed by atoms with Crippen molar-refractivity contribution < 1.29 is 13.2 Å². The molecule has 156 valence electrons. The first-order valence-electron chi connectivity index (χ1n) is 10.0. The molecule has 2 aromatic carbocycles. The van der Waals surface area contributed by atoms with E-state index in [4.69, 9.17) is 5.73 Å². The van der Waals surface area contributed by atoms with Crippen molar-refractivity contribution in [1.82, 2.24) is 4.98 Å². The lowest BCUT2D eigenvalue weighted by Crippen LogP contribution is -2.39. The highest BCUT2D eigenvalue weighted by atomic mass is 32.2. The van der Waals surface area contributed by atoms with Crippen molar-refractivity contribution in [3.63, 3.8) is 0 Å². The lowest BCUT2D eigenvalue weighted by atomic mass is 9.95. The Morgan fingerprint density at radius 3 is 2.43 bits per heavy atom. The number of pyridine rings is 1. The number of anilines is 1. The van der Waals surface area contributed by atoms with Crippen LogP contribution >= 0.6 is 0 Å². The molecule has 0 spiro atoms. The normalized spacial score (nSPS) is 15.5. The van der Waals surface area contributed by atoms with E-state index in [2.05, 4.69) is 9.88 Å². The highest BCUT2D eigenvalue weighted by Gasteiger charge is 2.30. The van der Waals surface area contributed by atoms with Gasteiger partial charge >= 0.3 is 0 Å². The van der Waals surface area contributed by atoms with E-state index in [1.165, 1.54) is 6.20 Å². The van der Waals surface area contributed by atoms with E-state index in [-0.39, 0.29) is 21.6 Å². The van der Waals surface area contributed by atoms with Crippen molar-refractivity contribution in [2.24, 2.45) is 11.7 Å². The van der Waals surface area contributed by atoms with Crippen molar-refractivity contribution in [1.29, 1.82) is 0 Å². The number of sulfone groups is 1. The minimum absolute atomic E-state index is 0.172. The molecule has 0 unspecified atom stereocenters. The third-order valence-corrected chi connectivity index (χ3v) is 7.76. The van der Waals surface area contributed by atoms with Crippen LogP contribution in [0.25, 0.3) is 10.9 Å². The lowest BCUT2D eigenvalue weighted by molar-refractivity contribution is -0.122. The van der Waals surface area contributed by atoms with Crippen molar-refractivity contribution in [3.05, 3.63) is 59.8 Å². The monoisotopic (exact) mass is 423 g/mol. The number of aryl methyl sites for hydroxylation is 2. The van der Waals surface area contributed by atoms with Gasteiger partial charge in [-0.2, -0.15) is 0 Å². The molecule has 0 saturated carbocycles. The summed E-state index contributed by atoms with van der Waals surface area (Å²) in [7, 11) is -3.78. The van der Waals surface area contributed by atoms with Gasteiger partial charge in [-0.05, 0) is 56.0 Å². The standard InChI is InChI=1S/C23H25N3O3S/c1-15-7-8-18(13-16(15)2)30(28,29)21-14-25-20-6-4-3-5-19(20)22(21)26-11-9-17(10-12-26)23(24)27/h3-8,13-14,17H,9-12H2,1-2H3,(H2,24,27). The number of nitrogens with zero attached hydrogens (tertiary/aromatic N) is 2. The number of fused-ring (bicyclic) bond motifs is 1. The highest BCUT2D eigenvalue weighted by Crippen LogP contribution is 2.37. The van der Waals surface area contributed by atoms with Crippen LogP contribution in [0.3, 0.4) is 0 Å². The second-order valence-corrected chi connectivity index (χ2v) is 9.82. The molecule has 1 aliphatic heterocycles. The Kier molecular flexibility index (Phi) is 5.24. The van der Waals surface area contributed by atoms with E-state index in [1.54, 1.807) is 12.1 Å². The fourth-order valence-corrected chi connectivity index (χ4v) is 5.55. The second kappa shape index (κ2) is 7.72. The topological polar surface area (TPSA) is 93.4 Å². The van der Waals surface area contributed by atoms with E-state index < -0.39 is 9.84 Å². The summed E-state index contributed by atoms with van der Waals surface area (Å²) in [6, 6.07) is 12.7. The molecule has 0 aliphatic carbocycles. The molecule has 1 aromatic heterocycles. The van der Waals surface area contributed by atoms with E-state index in [0.29, 0.717) is 31.6 Å². The zero-order valence-electron chi connectivity index (χ0n) is 17.1. The molecule has 0 radical (unpaired) electrons. The lowest BCUT2D eigenvalue weighted by Gasteiger charge is -2.34. The van der Waals surface area contributed by atoms with Crippen molar-refractivity contribution in [2.45, 2.75) is 36.5 Å². The summed E-state index contributed by atoms with van der Waals surface area (Å²) in [4.78, 5) is 18.5. The van der Waals surface area contributed by atoms with Crippen molar-refractivity contribution in [2.75, 3.05) is 18.0 Å². The summed E-state index contributed by atoms with van der Waals surface area (Å²) in [5, 5.41) is 0.792. The number of primary amides is 1. The molecule has 2 N–H and O–H groups in total. The van der Waals surface area contributed by atoms with Crippen molar-refractivity contribution in [3.8, 4) is 0 Å². The van der Waals surface area contributed by atoms with Gasteiger partial charge in [0.1, 0.15) is 4.90 Å². The quantitative estimate of drug-likeness (QED) is 0.694. The minimum Gasteiger partial charge on any atom is -0.370 e. The summed E-state index contributed by atoms with van der Waals surface area (Å²) < 4.78 is 27.3. The fraction of sp³-hybridized carbons (Fsp3) is 0.304. The molecule has 1 amide bonds. The molecule has 1 saturated heterocycles. The van der Waals surface area contributed by atoms with Gasteiger partial charge < -0.3 is 10.6 Å². The van der Waals surface area contributed by atoms with Gasteiger partial charge in [0.2, 0.25) is 15.7 Å². The molecule has 6 nitrogen and oxygen atoms in total. The molecule has 1 fully saturated rings. The number of para-hydroxylation sites is 1. The number of hydrogen-bond acceptors (Lipinski definition) is 5. The minimum atomic E-state index is -3.78. The number of benzene rings is 2. The Morgan fingerprint density at radius 2 is 1.77 bits per heavy atom. The number of rotatable bonds is 4. The molecule has 1 aliphatic rings. The maximum atomic E-state index is 13.6.